The summed E-state index contributed by atoms with van der Waals surface area (Å²) < 4.78 is 0. The van der Waals surface area contributed by atoms with Gasteiger partial charge in [-0.2, -0.15) is 0 Å². The Morgan fingerprint density at radius 2 is 0.920 bits per heavy atom. The van der Waals surface area contributed by atoms with Crippen molar-refractivity contribution < 1.29 is 0 Å². The number of nitrogens with zero attached hydrogens (tertiary/aromatic N) is 2. The van der Waals surface area contributed by atoms with Crippen molar-refractivity contribution in [2.24, 2.45) is 35.5 Å². The Labute approximate surface area is 308 Å². The summed E-state index contributed by atoms with van der Waals surface area (Å²) in [6.07, 6.45) is 29.7. The van der Waals surface area contributed by atoms with E-state index < -0.39 is 24.1 Å². The molecule has 0 amide bonds. The fourth-order valence-electron chi connectivity index (χ4n) is 13.6. The van der Waals surface area contributed by atoms with Gasteiger partial charge in [0.25, 0.3) is 0 Å². The summed E-state index contributed by atoms with van der Waals surface area (Å²) in [4.78, 5) is 9.34. The van der Waals surface area contributed by atoms with Gasteiger partial charge in [-0.05, 0) is 171 Å². The molecule has 2 nitrogen and oxygen atoms in total. The molecule has 8 saturated carbocycles. The molecule has 50 heavy (non-hydrogen) atoms. The standard InChI is InChI=1S/C44H62N2P2Si2/c1-49(2,3)41-19-37(29-47(39-9-7-11-45-27-39)40-10-8-12-46-28-40)38(20-42(41)50(4,5)6)30-48(43-21-31-13-32(22-43)15-33(14-31)23-43)44-24-34-16-35(25-44)18-36(17-34)26-44/h7-12,19-20,27-28,31-36H,13-18,21-26,29-30H2,1-6H3. The molecule has 0 saturated heterocycles. The van der Waals surface area contributed by atoms with Crippen LogP contribution in [0.5, 0.6) is 0 Å². The molecular weight excluding hydrogens is 675 g/mol. The SMILES string of the molecule is C[Si](C)(C)c1cc(CP(c2cccnc2)c2cccnc2)c(CP(C23CC4CC(CC(C4)C2)C3)C23CC4CC(CC(C4)C2)C3)cc1[Si](C)(C)C. The minimum absolute atomic E-state index is 0.112. The highest BCUT2D eigenvalue weighted by Crippen LogP contribution is 2.79. The molecule has 0 aliphatic heterocycles. The van der Waals surface area contributed by atoms with Crippen molar-refractivity contribution in [2.75, 3.05) is 0 Å². The number of benzene rings is 1. The third-order valence-corrected chi connectivity index (χ3v) is 25.5. The quantitative estimate of drug-likeness (QED) is 0.153. The normalized spacial score (nSPS) is 34.9. The Hall–Kier alpha value is -1.19. The third kappa shape index (κ3) is 6.31. The first-order valence-electron chi connectivity index (χ1n) is 20.4. The zero-order valence-electron chi connectivity index (χ0n) is 31.9. The van der Waals surface area contributed by atoms with Gasteiger partial charge in [0.05, 0.1) is 16.1 Å². The monoisotopic (exact) mass is 736 g/mol. The van der Waals surface area contributed by atoms with E-state index in [1.54, 1.807) is 98.6 Å². The van der Waals surface area contributed by atoms with E-state index in [2.05, 4.69) is 98.0 Å². The molecular formula is C44H62N2P2Si2. The highest BCUT2D eigenvalue weighted by atomic mass is 31.1. The maximum atomic E-state index is 4.67. The second kappa shape index (κ2) is 12.7. The van der Waals surface area contributed by atoms with Crippen LogP contribution in [0.3, 0.4) is 0 Å². The van der Waals surface area contributed by atoms with E-state index in [-0.39, 0.29) is 7.92 Å². The lowest BCUT2D eigenvalue weighted by molar-refractivity contribution is 0.0184. The average Bonchev–Trinajstić information content (AvgIpc) is 3.04. The largest absolute Gasteiger partial charge is 0.264 e. The summed E-state index contributed by atoms with van der Waals surface area (Å²) in [6.45, 7) is 15.7. The lowest BCUT2D eigenvalue weighted by atomic mass is 9.55. The van der Waals surface area contributed by atoms with Crippen molar-refractivity contribution in [1.29, 1.82) is 0 Å². The topological polar surface area (TPSA) is 25.8 Å². The van der Waals surface area contributed by atoms with E-state index in [1.165, 1.54) is 16.8 Å². The van der Waals surface area contributed by atoms with Crippen LogP contribution in [0.4, 0.5) is 0 Å². The van der Waals surface area contributed by atoms with E-state index in [4.69, 9.17) is 0 Å². The van der Waals surface area contributed by atoms with Gasteiger partial charge in [0.2, 0.25) is 0 Å². The van der Waals surface area contributed by atoms with Crippen LogP contribution in [0.1, 0.15) is 88.2 Å². The van der Waals surface area contributed by atoms with Gasteiger partial charge in [0.15, 0.2) is 0 Å². The zero-order valence-corrected chi connectivity index (χ0v) is 35.7. The predicted octanol–water partition coefficient (Wildman–Crippen LogP) is 10.1. The highest BCUT2D eigenvalue weighted by Gasteiger charge is 2.62. The van der Waals surface area contributed by atoms with Crippen molar-refractivity contribution in [3.63, 3.8) is 0 Å². The first-order chi connectivity index (χ1) is 23.9. The van der Waals surface area contributed by atoms with Crippen molar-refractivity contribution in [1.82, 2.24) is 9.97 Å². The number of aromatic nitrogens is 2. The van der Waals surface area contributed by atoms with Crippen LogP contribution >= 0.6 is 15.8 Å². The molecule has 8 aliphatic carbocycles. The molecule has 0 unspecified atom stereocenters. The summed E-state index contributed by atoms with van der Waals surface area (Å²) in [5.41, 5.74) is 3.49. The maximum Gasteiger partial charge on any atom is 0.0774 e. The van der Waals surface area contributed by atoms with Crippen molar-refractivity contribution in [3.05, 3.63) is 72.3 Å². The van der Waals surface area contributed by atoms with Crippen LogP contribution in [0.2, 0.25) is 39.3 Å². The van der Waals surface area contributed by atoms with Gasteiger partial charge in [-0.15, -0.1) is 0 Å². The fourth-order valence-corrected chi connectivity index (χ4v) is 26.2. The molecule has 3 aromatic rings. The molecule has 2 aromatic heterocycles. The smallest absolute Gasteiger partial charge is 0.0774 e. The van der Waals surface area contributed by atoms with Gasteiger partial charge in [0.1, 0.15) is 0 Å². The van der Waals surface area contributed by atoms with Gasteiger partial charge in [-0.25, -0.2) is 0 Å². The second-order valence-corrected chi connectivity index (χ2v) is 35.9. The van der Waals surface area contributed by atoms with Crippen LogP contribution in [-0.2, 0) is 12.3 Å². The van der Waals surface area contributed by atoms with E-state index in [9.17, 15) is 0 Å². The number of rotatable bonds is 10. The summed E-state index contributed by atoms with van der Waals surface area (Å²) in [5.74, 6) is 6.22. The molecule has 0 atom stereocenters. The molecule has 0 radical (unpaired) electrons. The molecule has 8 aliphatic rings. The molecule has 1 aromatic carbocycles. The Kier molecular flexibility index (Phi) is 8.79. The van der Waals surface area contributed by atoms with Gasteiger partial charge >= 0.3 is 0 Å². The zero-order chi connectivity index (χ0) is 34.5. The van der Waals surface area contributed by atoms with E-state index >= 15 is 0 Å². The predicted molar refractivity (Wildman–Crippen MR) is 223 cm³/mol. The highest BCUT2D eigenvalue weighted by molar-refractivity contribution is 7.72. The molecule has 8 bridgehead atoms. The molecule has 8 fully saturated rings. The first kappa shape index (κ1) is 34.6. The maximum absolute atomic E-state index is 4.67. The van der Waals surface area contributed by atoms with Gasteiger partial charge in [0, 0.05) is 30.9 Å². The fraction of sp³-hybridized carbons (Fsp3) is 0.636. The first-order valence-corrected chi connectivity index (χ1v) is 30.4. The Morgan fingerprint density at radius 3 is 1.24 bits per heavy atom. The van der Waals surface area contributed by atoms with E-state index in [0.29, 0.717) is 10.3 Å². The third-order valence-electron chi connectivity index (χ3n) is 14.7. The molecule has 2 heterocycles. The van der Waals surface area contributed by atoms with Gasteiger partial charge in [-0.1, -0.05) is 81.8 Å². The lowest BCUT2D eigenvalue weighted by Gasteiger charge is -2.67. The molecule has 0 N–H and O–H groups in total. The van der Waals surface area contributed by atoms with Crippen LogP contribution in [0, 0.1) is 35.5 Å². The number of hydrogen-bond acceptors (Lipinski definition) is 2. The Morgan fingerprint density at radius 1 is 0.560 bits per heavy atom. The Bertz CT molecular complexity index is 1560. The molecule has 11 rings (SSSR count). The number of pyridine rings is 2. The van der Waals surface area contributed by atoms with Crippen LogP contribution in [0.15, 0.2) is 61.2 Å². The second-order valence-electron chi connectivity index (χ2n) is 20.5. The summed E-state index contributed by atoms with van der Waals surface area (Å²) in [5, 5.41) is 7.66. The van der Waals surface area contributed by atoms with Crippen LogP contribution < -0.4 is 21.0 Å². The number of hydrogen-bond donors (Lipinski definition) is 0. The van der Waals surface area contributed by atoms with E-state index in [1.807, 2.05) is 12.4 Å². The summed E-state index contributed by atoms with van der Waals surface area (Å²) in [6, 6.07) is 14.7. The molecule has 0 spiro atoms. The van der Waals surface area contributed by atoms with Crippen LogP contribution in [-0.4, -0.2) is 36.4 Å². The minimum atomic E-state index is -1.58. The minimum Gasteiger partial charge on any atom is -0.264 e. The van der Waals surface area contributed by atoms with Gasteiger partial charge < -0.3 is 0 Å². The summed E-state index contributed by atoms with van der Waals surface area (Å²) in [7, 11) is -3.87. The van der Waals surface area contributed by atoms with Crippen molar-refractivity contribution in [3.8, 4) is 0 Å². The lowest BCUT2D eigenvalue weighted by Crippen LogP contribution is -2.57. The van der Waals surface area contributed by atoms with Crippen molar-refractivity contribution >= 4 is 53.0 Å². The average molecular weight is 737 g/mol. The van der Waals surface area contributed by atoms with E-state index in [0.717, 1.165) is 41.7 Å². The van der Waals surface area contributed by atoms with Crippen LogP contribution in [0.25, 0.3) is 0 Å². The molecule has 266 valence electrons. The molecule has 6 heteroatoms. The van der Waals surface area contributed by atoms with Gasteiger partial charge in [-0.3, -0.25) is 9.97 Å². The van der Waals surface area contributed by atoms with Crippen molar-refractivity contribution in [2.45, 2.75) is 139 Å². The Balaban J connectivity index is 1.21. The summed E-state index contributed by atoms with van der Waals surface area (Å²) >= 11 is 0.